The van der Waals surface area contributed by atoms with Crippen LogP contribution < -0.4 is 4.72 Å². The summed E-state index contributed by atoms with van der Waals surface area (Å²) in [5.41, 5.74) is 0. The van der Waals surface area contributed by atoms with Gasteiger partial charge in [0.1, 0.15) is 5.82 Å². The molecule has 1 aromatic rings. The molecule has 1 aromatic heterocycles. The average Bonchev–Trinajstić information content (AvgIpc) is 2.48. The number of nitrogens with zero attached hydrogens (tertiary/aromatic N) is 2. The van der Waals surface area contributed by atoms with Crippen LogP contribution in [0.5, 0.6) is 0 Å². The Morgan fingerprint density at radius 3 is 2.86 bits per heavy atom. The maximum Gasteiger partial charge on any atom is 0.214 e. The zero-order valence-corrected chi connectivity index (χ0v) is 8.66. The van der Waals surface area contributed by atoms with E-state index in [0.29, 0.717) is 5.82 Å². The second-order valence-electron chi connectivity index (χ2n) is 2.82. The Bertz CT molecular complexity index is 385. The molecule has 0 radical (unpaired) electrons. The van der Waals surface area contributed by atoms with Gasteiger partial charge < -0.3 is 9.67 Å². The van der Waals surface area contributed by atoms with Crippen molar-refractivity contribution in [2.45, 2.75) is 6.54 Å². The minimum Gasteiger partial charge on any atom is -0.395 e. The van der Waals surface area contributed by atoms with Gasteiger partial charge in [0.05, 0.1) is 18.9 Å². The lowest BCUT2D eigenvalue weighted by Gasteiger charge is -2.04. The van der Waals surface area contributed by atoms with Crippen LogP contribution in [0.15, 0.2) is 12.4 Å². The lowest BCUT2D eigenvalue weighted by Crippen LogP contribution is -2.28. The van der Waals surface area contributed by atoms with Crippen molar-refractivity contribution < 1.29 is 13.5 Å². The summed E-state index contributed by atoms with van der Waals surface area (Å²) in [7, 11) is -1.60. The molecule has 14 heavy (non-hydrogen) atoms. The van der Waals surface area contributed by atoms with Crippen molar-refractivity contribution in [3.05, 3.63) is 18.2 Å². The van der Waals surface area contributed by atoms with Crippen LogP contribution in [0.25, 0.3) is 0 Å². The second kappa shape index (κ2) is 4.54. The highest BCUT2D eigenvalue weighted by atomic mass is 32.2. The van der Waals surface area contributed by atoms with Crippen molar-refractivity contribution in [1.82, 2.24) is 14.3 Å². The molecule has 0 saturated heterocycles. The average molecular weight is 219 g/mol. The monoisotopic (exact) mass is 219 g/mol. The molecule has 0 spiro atoms. The van der Waals surface area contributed by atoms with E-state index >= 15 is 0 Å². The molecule has 1 heterocycles. The second-order valence-corrected chi connectivity index (χ2v) is 4.74. The predicted molar refractivity (Wildman–Crippen MR) is 50.9 cm³/mol. The van der Waals surface area contributed by atoms with Gasteiger partial charge in [0.2, 0.25) is 10.0 Å². The number of imidazole rings is 1. The molecule has 0 amide bonds. The number of rotatable bonds is 5. The Kier molecular flexibility index (Phi) is 3.62. The van der Waals surface area contributed by atoms with Crippen LogP contribution in [-0.2, 0) is 23.6 Å². The first kappa shape index (κ1) is 11.2. The molecular weight excluding hydrogens is 206 g/mol. The smallest absolute Gasteiger partial charge is 0.214 e. The minimum absolute atomic E-state index is 0.145. The lowest BCUT2D eigenvalue weighted by molar-refractivity contribution is 0.319. The van der Waals surface area contributed by atoms with Crippen LogP contribution in [0, 0.1) is 0 Å². The van der Waals surface area contributed by atoms with E-state index in [4.69, 9.17) is 5.11 Å². The van der Waals surface area contributed by atoms with E-state index in [1.165, 1.54) is 0 Å². The van der Waals surface area contributed by atoms with E-state index in [1.54, 1.807) is 24.0 Å². The fourth-order valence-electron chi connectivity index (χ4n) is 0.934. The molecule has 1 rings (SSSR count). The minimum atomic E-state index is -3.38. The summed E-state index contributed by atoms with van der Waals surface area (Å²) in [6.07, 6.45) is 3.32. The largest absolute Gasteiger partial charge is 0.395 e. The molecule has 80 valence electrons. The number of aliphatic hydroxyl groups excluding tert-OH is 1. The Morgan fingerprint density at radius 2 is 2.36 bits per heavy atom. The van der Waals surface area contributed by atoms with Gasteiger partial charge in [0.15, 0.2) is 0 Å². The van der Waals surface area contributed by atoms with Crippen LogP contribution in [0.3, 0.4) is 0 Å². The molecule has 0 saturated carbocycles. The van der Waals surface area contributed by atoms with Gasteiger partial charge in [-0.15, -0.1) is 0 Å². The fraction of sp³-hybridized carbons (Fsp3) is 0.571. The topological polar surface area (TPSA) is 84.2 Å². The summed E-state index contributed by atoms with van der Waals surface area (Å²) in [4.78, 5) is 3.95. The van der Waals surface area contributed by atoms with Crippen LogP contribution in [0.2, 0.25) is 0 Å². The summed E-state index contributed by atoms with van der Waals surface area (Å²) >= 11 is 0. The van der Waals surface area contributed by atoms with Crippen LogP contribution in [0.1, 0.15) is 5.82 Å². The Labute approximate surface area is 82.6 Å². The first-order chi connectivity index (χ1) is 6.55. The van der Waals surface area contributed by atoms with Crippen molar-refractivity contribution in [2.75, 3.05) is 12.4 Å². The Balaban J connectivity index is 2.53. The maximum absolute atomic E-state index is 11.1. The zero-order chi connectivity index (χ0) is 10.6. The van der Waals surface area contributed by atoms with E-state index in [9.17, 15) is 8.42 Å². The van der Waals surface area contributed by atoms with Crippen molar-refractivity contribution in [2.24, 2.45) is 7.05 Å². The SMILES string of the molecule is Cn1ccnc1CNS(=O)(=O)CCO. The number of aromatic nitrogens is 2. The molecule has 0 atom stereocenters. The first-order valence-electron chi connectivity index (χ1n) is 4.09. The van der Waals surface area contributed by atoms with Crippen molar-refractivity contribution in [3.63, 3.8) is 0 Å². The van der Waals surface area contributed by atoms with E-state index in [1.807, 2.05) is 0 Å². The highest BCUT2D eigenvalue weighted by Gasteiger charge is 2.09. The van der Waals surface area contributed by atoms with Gasteiger partial charge in [-0.1, -0.05) is 0 Å². The standard InChI is InChI=1S/C7H13N3O3S/c1-10-3-2-8-7(10)6-9-14(12,13)5-4-11/h2-3,9,11H,4-6H2,1H3. The fourth-order valence-corrected chi connectivity index (χ4v) is 1.67. The molecule has 0 aliphatic rings. The lowest BCUT2D eigenvalue weighted by atomic mass is 10.6. The van der Waals surface area contributed by atoms with Crippen molar-refractivity contribution in [3.8, 4) is 0 Å². The van der Waals surface area contributed by atoms with Gasteiger partial charge in [-0.25, -0.2) is 18.1 Å². The third-order valence-electron chi connectivity index (χ3n) is 1.73. The van der Waals surface area contributed by atoms with Gasteiger partial charge >= 0.3 is 0 Å². The molecule has 0 bridgehead atoms. The molecule has 0 aliphatic carbocycles. The summed E-state index contributed by atoms with van der Waals surface area (Å²) in [6, 6.07) is 0. The van der Waals surface area contributed by atoms with E-state index in [-0.39, 0.29) is 18.9 Å². The number of sulfonamides is 1. The van der Waals surface area contributed by atoms with Gasteiger partial charge in [-0.3, -0.25) is 0 Å². The number of hydrogen-bond donors (Lipinski definition) is 2. The molecule has 2 N–H and O–H groups in total. The zero-order valence-electron chi connectivity index (χ0n) is 7.84. The van der Waals surface area contributed by atoms with Gasteiger partial charge in [0, 0.05) is 19.4 Å². The normalized spacial score (nSPS) is 11.9. The highest BCUT2D eigenvalue weighted by molar-refractivity contribution is 7.89. The third-order valence-corrected chi connectivity index (χ3v) is 3.04. The molecular formula is C7H13N3O3S. The quantitative estimate of drug-likeness (QED) is 0.653. The molecule has 0 aliphatic heterocycles. The van der Waals surface area contributed by atoms with Crippen molar-refractivity contribution >= 4 is 10.0 Å². The molecule has 7 heteroatoms. The number of aryl methyl sites for hydroxylation is 1. The molecule has 0 aromatic carbocycles. The van der Waals surface area contributed by atoms with E-state index < -0.39 is 10.0 Å². The third kappa shape index (κ3) is 3.09. The summed E-state index contributed by atoms with van der Waals surface area (Å²) in [5, 5.41) is 8.47. The summed E-state index contributed by atoms with van der Waals surface area (Å²) < 4.78 is 26.3. The summed E-state index contributed by atoms with van der Waals surface area (Å²) in [6.45, 7) is -0.234. The highest BCUT2D eigenvalue weighted by Crippen LogP contribution is 1.94. The van der Waals surface area contributed by atoms with Gasteiger partial charge in [-0.05, 0) is 0 Å². The number of hydrogen-bond acceptors (Lipinski definition) is 4. The predicted octanol–water partition coefficient (Wildman–Crippen LogP) is -1.17. The van der Waals surface area contributed by atoms with Crippen LogP contribution in [-0.4, -0.2) is 35.4 Å². The Morgan fingerprint density at radius 1 is 1.64 bits per heavy atom. The number of nitrogens with one attached hydrogen (secondary N) is 1. The van der Waals surface area contributed by atoms with Gasteiger partial charge in [-0.2, -0.15) is 0 Å². The van der Waals surface area contributed by atoms with Crippen molar-refractivity contribution in [1.29, 1.82) is 0 Å². The van der Waals surface area contributed by atoms with Crippen LogP contribution in [0.4, 0.5) is 0 Å². The molecule has 0 unspecified atom stereocenters. The van der Waals surface area contributed by atoms with E-state index in [2.05, 4.69) is 9.71 Å². The molecule has 0 fully saturated rings. The summed E-state index contributed by atoms with van der Waals surface area (Å²) in [5.74, 6) is 0.351. The van der Waals surface area contributed by atoms with Gasteiger partial charge in [0.25, 0.3) is 0 Å². The first-order valence-corrected chi connectivity index (χ1v) is 5.75. The number of aliphatic hydroxyl groups is 1. The van der Waals surface area contributed by atoms with Crippen LogP contribution >= 0.6 is 0 Å². The Hall–Kier alpha value is -0.920. The molecule has 6 nitrogen and oxygen atoms in total. The maximum atomic E-state index is 11.1. The van der Waals surface area contributed by atoms with E-state index in [0.717, 1.165) is 0 Å².